The highest BCUT2D eigenvalue weighted by molar-refractivity contribution is 5.95. The standard InChI is InChI=1S/C25H32N4O3/c1-5-29-20-11-9-8-10-18(20)16(4)24(29)19-15-23(28-27-19)26-25(30)17-12-13-21(31-6-2)22(14-17)32-7-3/h8-14,19,23,27-28H,5-7,15H2,1-4H3,(H,26,30). The molecule has 7 nitrogen and oxygen atoms in total. The van der Waals surface area contributed by atoms with Gasteiger partial charge in [0.15, 0.2) is 11.5 Å². The van der Waals surface area contributed by atoms with E-state index in [9.17, 15) is 4.79 Å². The normalized spacial score (nSPS) is 18.1. The van der Waals surface area contributed by atoms with Gasteiger partial charge in [0.2, 0.25) is 0 Å². The molecule has 170 valence electrons. The van der Waals surface area contributed by atoms with Gasteiger partial charge in [0.05, 0.1) is 25.4 Å². The highest BCUT2D eigenvalue weighted by atomic mass is 16.5. The zero-order valence-corrected chi connectivity index (χ0v) is 19.2. The van der Waals surface area contributed by atoms with Crippen LogP contribution in [-0.4, -0.2) is 29.9 Å². The van der Waals surface area contributed by atoms with Gasteiger partial charge in [0, 0.05) is 35.1 Å². The van der Waals surface area contributed by atoms with Crippen LogP contribution in [0.3, 0.4) is 0 Å². The van der Waals surface area contributed by atoms with Crippen LogP contribution in [-0.2, 0) is 6.54 Å². The molecule has 1 aliphatic rings. The fourth-order valence-corrected chi connectivity index (χ4v) is 4.55. The molecular weight excluding hydrogens is 404 g/mol. The van der Waals surface area contributed by atoms with Crippen LogP contribution in [0.2, 0.25) is 0 Å². The number of aromatic nitrogens is 1. The van der Waals surface area contributed by atoms with E-state index in [1.807, 2.05) is 13.8 Å². The Morgan fingerprint density at radius 1 is 1.06 bits per heavy atom. The second-order valence-corrected chi connectivity index (χ2v) is 7.90. The lowest BCUT2D eigenvalue weighted by Gasteiger charge is -2.16. The van der Waals surface area contributed by atoms with Gasteiger partial charge in [-0.3, -0.25) is 4.79 Å². The first kappa shape index (κ1) is 22.2. The van der Waals surface area contributed by atoms with Crippen LogP contribution in [0, 0.1) is 6.92 Å². The van der Waals surface area contributed by atoms with Gasteiger partial charge in [-0.25, -0.2) is 10.9 Å². The number of carbonyl (C=O) groups is 1. The number of rotatable bonds is 8. The van der Waals surface area contributed by atoms with Gasteiger partial charge in [-0.1, -0.05) is 18.2 Å². The number of hydrogen-bond acceptors (Lipinski definition) is 5. The van der Waals surface area contributed by atoms with Crippen LogP contribution in [0.5, 0.6) is 11.5 Å². The zero-order chi connectivity index (χ0) is 22.7. The molecule has 2 atom stereocenters. The summed E-state index contributed by atoms with van der Waals surface area (Å²) in [7, 11) is 0. The van der Waals surface area contributed by atoms with Crippen molar-refractivity contribution in [3.63, 3.8) is 0 Å². The Morgan fingerprint density at radius 2 is 1.81 bits per heavy atom. The first-order chi connectivity index (χ1) is 15.6. The quantitative estimate of drug-likeness (QED) is 0.496. The number of para-hydroxylation sites is 1. The summed E-state index contributed by atoms with van der Waals surface area (Å²) >= 11 is 0. The number of fused-ring (bicyclic) bond motifs is 1. The Bertz CT molecular complexity index is 1110. The predicted molar refractivity (Wildman–Crippen MR) is 126 cm³/mol. The highest BCUT2D eigenvalue weighted by Gasteiger charge is 2.30. The van der Waals surface area contributed by atoms with Gasteiger partial charge in [0.1, 0.15) is 0 Å². The molecule has 0 saturated carbocycles. The molecule has 0 bridgehead atoms. The van der Waals surface area contributed by atoms with E-state index in [2.05, 4.69) is 58.8 Å². The molecule has 0 radical (unpaired) electrons. The van der Waals surface area contributed by atoms with Crippen molar-refractivity contribution in [2.75, 3.05) is 13.2 Å². The maximum Gasteiger partial charge on any atom is 0.252 e. The minimum absolute atomic E-state index is 0.104. The van der Waals surface area contributed by atoms with Crippen LogP contribution in [0.4, 0.5) is 0 Å². The van der Waals surface area contributed by atoms with Crippen molar-refractivity contribution in [2.24, 2.45) is 0 Å². The van der Waals surface area contributed by atoms with E-state index in [1.165, 1.54) is 22.2 Å². The van der Waals surface area contributed by atoms with Crippen LogP contribution < -0.4 is 25.6 Å². The van der Waals surface area contributed by atoms with Crippen LogP contribution in [0.25, 0.3) is 10.9 Å². The fourth-order valence-electron chi connectivity index (χ4n) is 4.55. The van der Waals surface area contributed by atoms with E-state index in [-0.39, 0.29) is 18.1 Å². The van der Waals surface area contributed by atoms with E-state index in [1.54, 1.807) is 18.2 Å². The summed E-state index contributed by atoms with van der Waals surface area (Å²) in [5.74, 6) is 1.08. The number of carbonyl (C=O) groups excluding carboxylic acids is 1. The molecule has 7 heteroatoms. The molecule has 1 aromatic heterocycles. The lowest BCUT2D eigenvalue weighted by atomic mass is 10.1. The highest BCUT2D eigenvalue weighted by Crippen LogP contribution is 2.33. The Labute approximate surface area is 189 Å². The molecule has 0 aliphatic carbocycles. The van der Waals surface area contributed by atoms with E-state index in [0.717, 1.165) is 13.0 Å². The second kappa shape index (κ2) is 9.63. The van der Waals surface area contributed by atoms with Crippen molar-refractivity contribution in [2.45, 2.75) is 52.9 Å². The van der Waals surface area contributed by atoms with Crippen molar-refractivity contribution >= 4 is 16.8 Å². The average Bonchev–Trinajstić information content (AvgIpc) is 3.37. The van der Waals surface area contributed by atoms with Crippen LogP contribution in [0.15, 0.2) is 42.5 Å². The van der Waals surface area contributed by atoms with Crippen molar-refractivity contribution in [3.8, 4) is 11.5 Å². The summed E-state index contributed by atoms with van der Waals surface area (Å²) < 4.78 is 13.6. The molecule has 2 heterocycles. The number of hydrogen-bond donors (Lipinski definition) is 3. The topological polar surface area (TPSA) is 76.5 Å². The van der Waals surface area contributed by atoms with E-state index in [4.69, 9.17) is 9.47 Å². The van der Waals surface area contributed by atoms with E-state index in [0.29, 0.717) is 30.3 Å². The summed E-state index contributed by atoms with van der Waals surface area (Å²) in [4.78, 5) is 12.9. The summed E-state index contributed by atoms with van der Waals surface area (Å²) in [5, 5.41) is 4.36. The number of nitrogens with zero attached hydrogens (tertiary/aromatic N) is 1. The first-order valence-corrected chi connectivity index (χ1v) is 11.4. The molecule has 1 fully saturated rings. The molecule has 1 amide bonds. The Hall–Kier alpha value is -3.03. The summed E-state index contributed by atoms with van der Waals surface area (Å²) in [6.45, 7) is 10.1. The Morgan fingerprint density at radius 3 is 2.56 bits per heavy atom. The number of hydrazine groups is 1. The number of benzene rings is 2. The summed E-state index contributed by atoms with van der Waals surface area (Å²) in [5.41, 5.74) is 11.0. The van der Waals surface area contributed by atoms with Gasteiger partial charge in [-0.05, 0) is 57.5 Å². The Balaban J connectivity index is 1.49. The van der Waals surface area contributed by atoms with Gasteiger partial charge < -0.3 is 19.4 Å². The molecule has 32 heavy (non-hydrogen) atoms. The molecule has 0 spiro atoms. The van der Waals surface area contributed by atoms with Crippen molar-refractivity contribution in [1.82, 2.24) is 20.7 Å². The predicted octanol–water partition coefficient (Wildman–Crippen LogP) is 4.06. The molecule has 1 saturated heterocycles. The van der Waals surface area contributed by atoms with Crippen LogP contribution >= 0.6 is 0 Å². The SMILES string of the molecule is CCOc1ccc(C(=O)NC2CC(c3c(C)c4ccccc4n3CC)NN2)cc1OCC. The third kappa shape index (κ3) is 4.18. The molecule has 2 unspecified atom stereocenters. The molecule has 3 N–H and O–H groups in total. The third-order valence-electron chi connectivity index (χ3n) is 5.93. The smallest absolute Gasteiger partial charge is 0.252 e. The number of nitrogens with one attached hydrogen (secondary N) is 3. The summed E-state index contributed by atoms with van der Waals surface area (Å²) in [6, 6.07) is 13.9. The number of amides is 1. The number of ether oxygens (including phenoxy) is 2. The number of aryl methyl sites for hydroxylation is 2. The van der Waals surface area contributed by atoms with Gasteiger partial charge in [0.25, 0.3) is 5.91 Å². The van der Waals surface area contributed by atoms with Crippen LogP contribution in [0.1, 0.15) is 54.8 Å². The molecule has 4 rings (SSSR count). The second-order valence-electron chi connectivity index (χ2n) is 7.90. The van der Waals surface area contributed by atoms with E-state index >= 15 is 0 Å². The largest absolute Gasteiger partial charge is 0.490 e. The lowest BCUT2D eigenvalue weighted by molar-refractivity contribution is 0.0931. The molecular formula is C25H32N4O3. The van der Waals surface area contributed by atoms with Crippen molar-refractivity contribution < 1.29 is 14.3 Å². The van der Waals surface area contributed by atoms with Gasteiger partial charge in [-0.15, -0.1) is 0 Å². The van der Waals surface area contributed by atoms with Gasteiger partial charge >= 0.3 is 0 Å². The molecule has 3 aromatic rings. The first-order valence-electron chi connectivity index (χ1n) is 11.4. The average molecular weight is 437 g/mol. The van der Waals surface area contributed by atoms with Crippen molar-refractivity contribution in [3.05, 3.63) is 59.3 Å². The van der Waals surface area contributed by atoms with Gasteiger partial charge in [-0.2, -0.15) is 0 Å². The fraction of sp³-hybridized carbons (Fsp3) is 0.400. The zero-order valence-electron chi connectivity index (χ0n) is 19.2. The monoisotopic (exact) mass is 436 g/mol. The lowest BCUT2D eigenvalue weighted by Crippen LogP contribution is -2.44. The minimum atomic E-state index is -0.183. The molecule has 2 aromatic carbocycles. The molecule has 1 aliphatic heterocycles. The Kier molecular flexibility index (Phi) is 6.67. The summed E-state index contributed by atoms with van der Waals surface area (Å²) in [6.07, 6.45) is 0.565. The maximum absolute atomic E-state index is 12.9. The van der Waals surface area contributed by atoms with E-state index < -0.39 is 0 Å². The third-order valence-corrected chi connectivity index (χ3v) is 5.93. The maximum atomic E-state index is 12.9. The van der Waals surface area contributed by atoms with Crippen molar-refractivity contribution in [1.29, 1.82) is 0 Å². The minimum Gasteiger partial charge on any atom is -0.490 e.